The van der Waals surface area contributed by atoms with Crippen LogP contribution < -0.4 is 4.74 Å². The summed E-state index contributed by atoms with van der Waals surface area (Å²) in [4.78, 5) is 14.2. The number of ether oxygens (including phenoxy) is 1. The molecule has 2 heterocycles. The Balaban J connectivity index is 1.58. The first-order chi connectivity index (χ1) is 8.83. The number of hydrogen-bond acceptors (Lipinski definition) is 2. The van der Waals surface area contributed by atoms with Gasteiger partial charge in [0, 0.05) is 36.9 Å². The molecule has 94 valence electrons. The van der Waals surface area contributed by atoms with Crippen LogP contribution in [0.3, 0.4) is 0 Å². The lowest BCUT2D eigenvalue weighted by molar-refractivity contribution is -0.134. The van der Waals surface area contributed by atoms with Gasteiger partial charge in [-0.05, 0) is 18.9 Å². The van der Waals surface area contributed by atoms with Crippen molar-refractivity contribution in [2.45, 2.75) is 31.3 Å². The van der Waals surface area contributed by atoms with E-state index in [4.69, 9.17) is 4.74 Å². The van der Waals surface area contributed by atoms with E-state index in [2.05, 4.69) is 17.0 Å². The van der Waals surface area contributed by atoms with Crippen LogP contribution in [0.5, 0.6) is 5.75 Å². The van der Waals surface area contributed by atoms with Gasteiger partial charge in [0.1, 0.15) is 11.9 Å². The highest BCUT2D eigenvalue weighted by molar-refractivity contribution is 5.81. The Kier molecular flexibility index (Phi) is 2.16. The van der Waals surface area contributed by atoms with E-state index in [0.29, 0.717) is 17.7 Å². The number of carbonyl (C=O) groups excluding carboxylic acids is 1. The fraction of sp³-hybridized carbons (Fsp3) is 0.533. The Hall–Kier alpha value is -1.51. The molecular weight excluding hydrogens is 226 g/mol. The molecule has 0 radical (unpaired) electrons. The van der Waals surface area contributed by atoms with E-state index in [1.165, 1.54) is 5.56 Å². The smallest absolute Gasteiger partial charge is 0.225 e. The van der Waals surface area contributed by atoms with Gasteiger partial charge < -0.3 is 9.64 Å². The van der Waals surface area contributed by atoms with Crippen LogP contribution in [0.2, 0.25) is 0 Å². The SMILES string of the molecule is O=C(C1CC1)N1CCC2Oc3ccccc3C2C1. The number of para-hydroxylation sites is 1. The Morgan fingerprint density at radius 2 is 2.06 bits per heavy atom. The Bertz CT molecular complexity index is 495. The van der Waals surface area contributed by atoms with Crippen LogP contribution in [-0.2, 0) is 4.79 Å². The lowest BCUT2D eigenvalue weighted by Crippen LogP contribution is -2.45. The number of rotatable bonds is 1. The number of likely N-dealkylation sites (tertiary alicyclic amines) is 1. The number of amides is 1. The zero-order chi connectivity index (χ0) is 12.1. The van der Waals surface area contributed by atoms with Gasteiger partial charge in [0.2, 0.25) is 5.91 Å². The molecule has 0 spiro atoms. The average Bonchev–Trinajstić information content (AvgIpc) is 3.18. The van der Waals surface area contributed by atoms with Crippen molar-refractivity contribution in [1.82, 2.24) is 4.90 Å². The van der Waals surface area contributed by atoms with Crippen molar-refractivity contribution < 1.29 is 9.53 Å². The van der Waals surface area contributed by atoms with E-state index < -0.39 is 0 Å². The van der Waals surface area contributed by atoms with Gasteiger partial charge in [0.05, 0.1) is 0 Å². The van der Waals surface area contributed by atoms with Crippen molar-refractivity contribution in [2.24, 2.45) is 5.92 Å². The molecule has 18 heavy (non-hydrogen) atoms. The van der Waals surface area contributed by atoms with Crippen molar-refractivity contribution in [2.75, 3.05) is 13.1 Å². The van der Waals surface area contributed by atoms with Crippen molar-refractivity contribution >= 4 is 5.91 Å². The molecule has 4 rings (SSSR count). The predicted octanol–water partition coefficient (Wildman–Crippen LogP) is 2.17. The molecule has 1 saturated carbocycles. The molecule has 2 fully saturated rings. The summed E-state index contributed by atoms with van der Waals surface area (Å²) in [6.07, 6.45) is 3.44. The average molecular weight is 243 g/mol. The van der Waals surface area contributed by atoms with Gasteiger partial charge in [0.15, 0.2) is 0 Å². The molecule has 1 aliphatic carbocycles. The number of fused-ring (bicyclic) bond motifs is 3. The number of benzene rings is 1. The van der Waals surface area contributed by atoms with E-state index in [9.17, 15) is 4.79 Å². The van der Waals surface area contributed by atoms with E-state index in [-0.39, 0.29) is 6.10 Å². The molecule has 1 aromatic rings. The standard InChI is InChI=1S/C15H17NO2/c17-15(10-5-6-10)16-8-7-14-12(9-16)11-3-1-2-4-13(11)18-14/h1-4,10,12,14H,5-9H2. The third-order valence-corrected chi connectivity index (χ3v) is 4.38. The summed E-state index contributed by atoms with van der Waals surface area (Å²) < 4.78 is 5.98. The zero-order valence-corrected chi connectivity index (χ0v) is 10.3. The highest BCUT2D eigenvalue weighted by Crippen LogP contribution is 2.42. The van der Waals surface area contributed by atoms with E-state index >= 15 is 0 Å². The third-order valence-electron chi connectivity index (χ3n) is 4.38. The normalized spacial score (nSPS) is 29.4. The first-order valence-corrected chi connectivity index (χ1v) is 6.87. The summed E-state index contributed by atoms with van der Waals surface area (Å²) in [7, 11) is 0. The maximum atomic E-state index is 12.1. The molecule has 3 nitrogen and oxygen atoms in total. The van der Waals surface area contributed by atoms with Crippen LogP contribution in [0.4, 0.5) is 0 Å². The van der Waals surface area contributed by atoms with Gasteiger partial charge in [-0.2, -0.15) is 0 Å². The molecule has 1 aromatic carbocycles. The number of carbonyl (C=O) groups is 1. The molecular formula is C15H17NO2. The molecule has 2 atom stereocenters. The Labute approximate surface area is 107 Å². The summed E-state index contributed by atoms with van der Waals surface area (Å²) in [5.41, 5.74) is 1.29. The summed E-state index contributed by atoms with van der Waals surface area (Å²) in [5.74, 6) is 2.11. The van der Waals surface area contributed by atoms with Gasteiger partial charge in [0.25, 0.3) is 0 Å². The molecule has 1 amide bonds. The van der Waals surface area contributed by atoms with E-state index in [1.807, 2.05) is 12.1 Å². The van der Waals surface area contributed by atoms with E-state index in [1.54, 1.807) is 0 Å². The molecule has 0 N–H and O–H groups in total. The Morgan fingerprint density at radius 3 is 2.89 bits per heavy atom. The molecule has 2 unspecified atom stereocenters. The van der Waals surface area contributed by atoms with Gasteiger partial charge in [-0.3, -0.25) is 4.79 Å². The van der Waals surface area contributed by atoms with Gasteiger partial charge in [-0.25, -0.2) is 0 Å². The molecule has 3 heteroatoms. The second-order valence-corrected chi connectivity index (χ2v) is 5.65. The summed E-state index contributed by atoms with van der Waals surface area (Å²) in [5, 5.41) is 0. The quantitative estimate of drug-likeness (QED) is 0.756. The Morgan fingerprint density at radius 1 is 1.22 bits per heavy atom. The van der Waals surface area contributed by atoms with Crippen molar-refractivity contribution in [3.05, 3.63) is 29.8 Å². The predicted molar refractivity (Wildman–Crippen MR) is 67.5 cm³/mol. The van der Waals surface area contributed by atoms with Crippen molar-refractivity contribution in [3.8, 4) is 5.75 Å². The lowest BCUT2D eigenvalue weighted by Gasteiger charge is -2.34. The first kappa shape index (κ1) is 10.4. The van der Waals surface area contributed by atoms with Gasteiger partial charge in [-0.15, -0.1) is 0 Å². The maximum Gasteiger partial charge on any atom is 0.225 e. The number of hydrogen-bond donors (Lipinski definition) is 0. The largest absolute Gasteiger partial charge is 0.489 e. The molecule has 0 bridgehead atoms. The monoisotopic (exact) mass is 243 g/mol. The number of nitrogens with zero attached hydrogens (tertiary/aromatic N) is 1. The topological polar surface area (TPSA) is 29.5 Å². The van der Waals surface area contributed by atoms with Crippen LogP contribution in [0.1, 0.15) is 30.7 Å². The minimum atomic E-state index is 0.283. The van der Waals surface area contributed by atoms with Crippen LogP contribution in [-0.4, -0.2) is 30.0 Å². The highest BCUT2D eigenvalue weighted by atomic mass is 16.5. The first-order valence-electron chi connectivity index (χ1n) is 6.87. The summed E-state index contributed by atoms with van der Waals surface area (Å²) in [6.45, 7) is 1.71. The fourth-order valence-electron chi connectivity index (χ4n) is 3.22. The third kappa shape index (κ3) is 1.53. The van der Waals surface area contributed by atoms with Crippen LogP contribution in [0.15, 0.2) is 24.3 Å². The molecule has 2 aliphatic heterocycles. The van der Waals surface area contributed by atoms with Gasteiger partial charge in [-0.1, -0.05) is 18.2 Å². The van der Waals surface area contributed by atoms with Crippen LogP contribution >= 0.6 is 0 Å². The maximum absolute atomic E-state index is 12.1. The minimum Gasteiger partial charge on any atom is -0.489 e. The molecule has 1 saturated heterocycles. The minimum absolute atomic E-state index is 0.283. The van der Waals surface area contributed by atoms with Crippen LogP contribution in [0.25, 0.3) is 0 Å². The van der Waals surface area contributed by atoms with Crippen molar-refractivity contribution in [1.29, 1.82) is 0 Å². The van der Waals surface area contributed by atoms with Gasteiger partial charge >= 0.3 is 0 Å². The van der Waals surface area contributed by atoms with Crippen molar-refractivity contribution in [3.63, 3.8) is 0 Å². The van der Waals surface area contributed by atoms with Crippen LogP contribution in [0, 0.1) is 5.92 Å². The lowest BCUT2D eigenvalue weighted by atomic mass is 9.90. The zero-order valence-electron chi connectivity index (χ0n) is 10.3. The summed E-state index contributed by atoms with van der Waals surface area (Å²) >= 11 is 0. The molecule has 0 aromatic heterocycles. The highest BCUT2D eigenvalue weighted by Gasteiger charge is 2.42. The van der Waals surface area contributed by atoms with E-state index in [0.717, 1.165) is 38.1 Å². The summed E-state index contributed by atoms with van der Waals surface area (Å²) in [6, 6.07) is 8.27. The fourth-order valence-corrected chi connectivity index (χ4v) is 3.22. The second kappa shape index (κ2) is 3.74. The number of piperidine rings is 1. The second-order valence-electron chi connectivity index (χ2n) is 5.65. The molecule has 3 aliphatic rings.